The van der Waals surface area contributed by atoms with E-state index in [0.717, 1.165) is 11.3 Å². The molecule has 1 amide bonds. The number of anilines is 1. The van der Waals surface area contributed by atoms with E-state index in [4.69, 9.17) is 4.74 Å². The Morgan fingerprint density at radius 1 is 1.28 bits per heavy atom. The van der Waals surface area contributed by atoms with Crippen LogP contribution in [-0.2, 0) is 4.79 Å². The van der Waals surface area contributed by atoms with Gasteiger partial charge < -0.3 is 20.3 Å². The number of phenolic OH excluding ortho intramolecular Hbond substituents is 2. The van der Waals surface area contributed by atoms with Crippen molar-refractivity contribution in [1.82, 2.24) is 4.68 Å². The molecule has 0 fully saturated rings. The molecule has 1 aromatic heterocycles. The molecule has 3 aromatic rings. The molecule has 0 saturated heterocycles. The number of aromatic nitrogens is 1. The number of amides is 1. The quantitative estimate of drug-likeness (QED) is 0.575. The second-order valence-electron chi connectivity index (χ2n) is 6.23. The molecule has 1 aliphatic heterocycles. The number of phenols is 2. The second-order valence-corrected chi connectivity index (χ2v) is 7.06. The molecule has 0 saturated carbocycles. The van der Waals surface area contributed by atoms with E-state index in [9.17, 15) is 15.0 Å². The summed E-state index contributed by atoms with van der Waals surface area (Å²) in [6, 6.07) is 9.82. The van der Waals surface area contributed by atoms with Crippen molar-refractivity contribution in [1.29, 1.82) is 0 Å². The van der Waals surface area contributed by atoms with Gasteiger partial charge >= 0.3 is 0 Å². The van der Waals surface area contributed by atoms with Crippen molar-refractivity contribution < 1.29 is 19.7 Å². The van der Waals surface area contributed by atoms with Crippen molar-refractivity contribution in [2.75, 3.05) is 18.5 Å². The Morgan fingerprint density at radius 2 is 2.14 bits per heavy atom. The third-order valence-corrected chi connectivity index (χ3v) is 5.07. The van der Waals surface area contributed by atoms with Crippen molar-refractivity contribution in [3.8, 4) is 28.5 Å². The largest absolute Gasteiger partial charge is 0.508 e. The highest BCUT2D eigenvalue weighted by molar-refractivity contribution is 7.07. The van der Waals surface area contributed by atoms with Crippen LogP contribution in [0, 0.1) is 0 Å². The number of carbonyl (C=O) groups is 1. The molecule has 29 heavy (non-hydrogen) atoms. The molecule has 8 nitrogen and oxygen atoms in total. The SMILES string of the molecule is CCN=c1scc(-c2ccc3c(c2)NC(=O)CO3)n1N=Cc1ccc(O)cc1O. The number of thiazole rings is 1. The first-order chi connectivity index (χ1) is 14.0. The van der Waals surface area contributed by atoms with Crippen LogP contribution in [-0.4, -0.2) is 40.2 Å². The van der Waals surface area contributed by atoms with E-state index >= 15 is 0 Å². The first kappa shape index (κ1) is 18.8. The summed E-state index contributed by atoms with van der Waals surface area (Å²) < 4.78 is 7.09. The fraction of sp³-hybridized carbons (Fsp3) is 0.150. The number of aromatic hydroxyl groups is 2. The van der Waals surface area contributed by atoms with Crippen LogP contribution >= 0.6 is 11.3 Å². The highest BCUT2D eigenvalue weighted by Crippen LogP contribution is 2.33. The Hall–Kier alpha value is -3.59. The molecule has 0 aliphatic carbocycles. The van der Waals surface area contributed by atoms with E-state index in [1.807, 2.05) is 24.4 Å². The first-order valence-electron chi connectivity index (χ1n) is 8.89. The topological polar surface area (TPSA) is 108 Å². The summed E-state index contributed by atoms with van der Waals surface area (Å²) in [6.07, 6.45) is 1.50. The van der Waals surface area contributed by atoms with Crippen LogP contribution in [0.3, 0.4) is 0 Å². The average molecular weight is 410 g/mol. The molecule has 0 bridgehead atoms. The molecule has 3 N–H and O–H groups in total. The lowest BCUT2D eigenvalue weighted by Crippen LogP contribution is -2.25. The number of benzene rings is 2. The molecule has 0 unspecified atom stereocenters. The molecular weight excluding hydrogens is 392 g/mol. The Bertz CT molecular complexity index is 1180. The maximum Gasteiger partial charge on any atom is 0.262 e. The summed E-state index contributed by atoms with van der Waals surface area (Å²) in [5, 5.41) is 28.7. The molecule has 1 aliphatic rings. The summed E-state index contributed by atoms with van der Waals surface area (Å²) >= 11 is 1.44. The molecule has 0 atom stereocenters. The smallest absolute Gasteiger partial charge is 0.262 e. The van der Waals surface area contributed by atoms with Gasteiger partial charge in [0.25, 0.3) is 5.91 Å². The fourth-order valence-corrected chi connectivity index (χ4v) is 3.76. The Kier molecular flexibility index (Phi) is 5.05. The van der Waals surface area contributed by atoms with E-state index in [-0.39, 0.29) is 24.0 Å². The lowest BCUT2D eigenvalue weighted by molar-refractivity contribution is -0.118. The van der Waals surface area contributed by atoms with Gasteiger partial charge in [-0.1, -0.05) is 0 Å². The van der Waals surface area contributed by atoms with Gasteiger partial charge in [0.2, 0.25) is 4.80 Å². The van der Waals surface area contributed by atoms with Crippen LogP contribution in [0.1, 0.15) is 12.5 Å². The summed E-state index contributed by atoms with van der Waals surface area (Å²) in [5.74, 6) is 0.318. The van der Waals surface area contributed by atoms with Gasteiger partial charge in [-0.15, -0.1) is 11.3 Å². The van der Waals surface area contributed by atoms with E-state index in [1.54, 1.807) is 16.8 Å². The van der Waals surface area contributed by atoms with Gasteiger partial charge in [-0.3, -0.25) is 9.79 Å². The Balaban J connectivity index is 1.78. The van der Waals surface area contributed by atoms with Gasteiger partial charge in [0.1, 0.15) is 17.2 Å². The maximum atomic E-state index is 11.6. The minimum atomic E-state index is -0.199. The third-order valence-electron chi connectivity index (χ3n) is 4.21. The molecular formula is C20H18N4O4S. The summed E-state index contributed by atoms with van der Waals surface area (Å²) in [6.45, 7) is 2.53. The number of hydrogen-bond donors (Lipinski definition) is 3. The zero-order valence-electron chi connectivity index (χ0n) is 15.5. The second kappa shape index (κ2) is 7.80. The van der Waals surface area contributed by atoms with Crippen LogP contribution in [0.2, 0.25) is 0 Å². The number of nitrogens with zero attached hydrogens (tertiary/aromatic N) is 3. The highest BCUT2D eigenvalue weighted by atomic mass is 32.1. The van der Waals surface area contributed by atoms with Crippen molar-refractivity contribution in [2.24, 2.45) is 10.1 Å². The lowest BCUT2D eigenvalue weighted by Gasteiger charge is -2.18. The van der Waals surface area contributed by atoms with Crippen LogP contribution in [0.5, 0.6) is 17.2 Å². The number of rotatable bonds is 4. The van der Waals surface area contributed by atoms with E-state index in [2.05, 4.69) is 15.4 Å². The summed E-state index contributed by atoms with van der Waals surface area (Å²) in [5.41, 5.74) is 2.67. The number of fused-ring (bicyclic) bond motifs is 1. The third kappa shape index (κ3) is 3.85. The van der Waals surface area contributed by atoms with Gasteiger partial charge in [-0.25, -0.2) is 4.68 Å². The number of nitrogens with one attached hydrogen (secondary N) is 1. The van der Waals surface area contributed by atoms with Gasteiger partial charge in [0, 0.05) is 29.1 Å². The zero-order valence-corrected chi connectivity index (χ0v) is 16.3. The monoisotopic (exact) mass is 410 g/mol. The van der Waals surface area contributed by atoms with Crippen LogP contribution in [0.15, 0.2) is 51.9 Å². The molecule has 0 radical (unpaired) electrons. The molecule has 2 aromatic carbocycles. The predicted octanol–water partition coefficient (Wildman–Crippen LogP) is 2.76. The maximum absolute atomic E-state index is 11.6. The zero-order chi connectivity index (χ0) is 20.4. The van der Waals surface area contributed by atoms with Gasteiger partial charge in [-0.2, -0.15) is 5.10 Å². The number of ether oxygens (including phenoxy) is 1. The number of carbonyl (C=O) groups excluding carboxylic acids is 1. The van der Waals surface area contributed by atoms with Crippen LogP contribution < -0.4 is 14.9 Å². The first-order valence-corrected chi connectivity index (χ1v) is 9.77. The average Bonchev–Trinajstić information content (AvgIpc) is 3.09. The fourth-order valence-electron chi connectivity index (χ4n) is 2.86. The molecule has 148 valence electrons. The molecule has 2 heterocycles. The van der Waals surface area contributed by atoms with Crippen molar-refractivity contribution >= 4 is 29.1 Å². The Labute approximate surface area is 170 Å². The minimum absolute atomic E-state index is 0.00470. The van der Waals surface area contributed by atoms with Crippen LogP contribution in [0.25, 0.3) is 11.3 Å². The Morgan fingerprint density at radius 3 is 2.93 bits per heavy atom. The predicted molar refractivity (Wildman–Crippen MR) is 111 cm³/mol. The van der Waals surface area contributed by atoms with Gasteiger partial charge in [-0.05, 0) is 37.3 Å². The van der Waals surface area contributed by atoms with E-state index in [0.29, 0.717) is 28.3 Å². The lowest BCUT2D eigenvalue weighted by atomic mass is 10.1. The van der Waals surface area contributed by atoms with Crippen LogP contribution in [0.4, 0.5) is 5.69 Å². The minimum Gasteiger partial charge on any atom is -0.508 e. The highest BCUT2D eigenvalue weighted by Gasteiger charge is 2.17. The van der Waals surface area contributed by atoms with Crippen molar-refractivity contribution in [3.05, 3.63) is 52.1 Å². The number of hydrogen-bond acceptors (Lipinski definition) is 7. The molecule has 0 spiro atoms. The van der Waals surface area contributed by atoms with Gasteiger partial charge in [0.05, 0.1) is 17.6 Å². The summed E-state index contributed by atoms with van der Waals surface area (Å²) in [4.78, 5) is 16.8. The van der Waals surface area contributed by atoms with E-state index < -0.39 is 0 Å². The van der Waals surface area contributed by atoms with E-state index in [1.165, 1.54) is 29.7 Å². The van der Waals surface area contributed by atoms with Gasteiger partial charge in [0.15, 0.2) is 6.61 Å². The van der Waals surface area contributed by atoms with Crippen molar-refractivity contribution in [3.63, 3.8) is 0 Å². The standard InChI is InChI=1S/C20H18N4O4S/c1-2-21-20-24(22-9-13-3-5-14(25)8-17(13)26)16(11-29-20)12-4-6-18-15(7-12)23-19(27)10-28-18/h3-9,11,25-26H,2,10H2,1H3,(H,23,27). The van der Waals surface area contributed by atoms with Crippen molar-refractivity contribution in [2.45, 2.75) is 6.92 Å². The normalized spacial score (nSPS) is 14.0. The molecule has 9 heteroatoms. The molecule has 4 rings (SSSR count). The summed E-state index contributed by atoms with van der Waals surface area (Å²) in [7, 11) is 0.